The number of hydrogen-bond acceptors (Lipinski definition) is 4. The van der Waals surface area contributed by atoms with Gasteiger partial charge in [-0.1, -0.05) is 6.92 Å². The molecule has 0 aliphatic rings. The Morgan fingerprint density at radius 2 is 2.17 bits per heavy atom. The number of sulfonamides is 1. The van der Waals surface area contributed by atoms with Crippen LogP contribution < -0.4 is 9.46 Å². The van der Waals surface area contributed by atoms with E-state index in [-0.39, 0.29) is 18.0 Å². The molecule has 1 aromatic rings. The molecule has 0 aromatic heterocycles. The van der Waals surface area contributed by atoms with E-state index in [0.717, 1.165) is 6.42 Å². The summed E-state index contributed by atoms with van der Waals surface area (Å²) < 4.78 is 32.1. The van der Waals surface area contributed by atoms with Crippen LogP contribution in [0, 0.1) is 0 Å². The number of ether oxygens (including phenoxy) is 1. The van der Waals surface area contributed by atoms with Crippen LogP contribution in [0.25, 0.3) is 0 Å². The first kappa shape index (κ1) is 15.4. The molecule has 0 fully saturated rings. The summed E-state index contributed by atoms with van der Waals surface area (Å²) in [6.07, 6.45) is 0.839. The van der Waals surface area contributed by atoms with Gasteiger partial charge < -0.3 is 9.84 Å². The van der Waals surface area contributed by atoms with Crippen LogP contribution in [0.3, 0.4) is 0 Å². The van der Waals surface area contributed by atoms with Crippen LogP contribution >= 0.6 is 15.9 Å². The zero-order valence-corrected chi connectivity index (χ0v) is 12.4. The van der Waals surface area contributed by atoms with Crippen molar-refractivity contribution in [2.45, 2.75) is 18.2 Å². The molecule has 0 aliphatic heterocycles. The highest BCUT2D eigenvalue weighted by atomic mass is 79.9. The smallest absolute Gasteiger partial charge is 0.240 e. The SMILES string of the molecule is CCCOc1cc(S(=O)(=O)NCCO)ccc1Br. The van der Waals surface area contributed by atoms with Crippen molar-refractivity contribution >= 4 is 26.0 Å². The highest BCUT2D eigenvalue weighted by Gasteiger charge is 2.15. The Bertz CT molecular complexity index is 490. The molecule has 18 heavy (non-hydrogen) atoms. The minimum absolute atomic E-state index is 0.0104. The van der Waals surface area contributed by atoms with Crippen LogP contribution in [0.1, 0.15) is 13.3 Å². The number of halogens is 1. The maximum absolute atomic E-state index is 11.8. The lowest BCUT2D eigenvalue weighted by Crippen LogP contribution is -2.26. The van der Waals surface area contributed by atoms with Crippen LogP contribution in [-0.4, -0.2) is 33.3 Å². The van der Waals surface area contributed by atoms with E-state index >= 15 is 0 Å². The van der Waals surface area contributed by atoms with Crippen molar-refractivity contribution in [1.29, 1.82) is 0 Å². The Morgan fingerprint density at radius 1 is 1.44 bits per heavy atom. The van der Waals surface area contributed by atoms with Crippen molar-refractivity contribution in [3.05, 3.63) is 22.7 Å². The standard InChI is InChI=1S/C11H16BrNO4S/c1-2-7-17-11-8-9(3-4-10(11)12)18(15,16)13-5-6-14/h3-4,8,13-14H,2,5-7H2,1H3. The summed E-state index contributed by atoms with van der Waals surface area (Å²) in [6, 6.07) is 4.56. The summed E-state index contributed by atoms with van der Waals surface area (Å²) in [4.78, 5) is 0.116. The number of nitrogens with one attached hydrogen (secondary N) is 1. The summed E-state index contributed by atoms with van der Waals surface area (Å²) in [5.41, 5.74) is 0. The molecule has 0 amide bonds. The molecule has 0 aliphatic carbocycles. The number of benzene rings is 1. The lowest BCUT2D eigenvalue weighted by molar-refractivity contribution is 0.301. The Balaban J connectivity index is 2.96. The average molecular weight is 338 g/mol. The van der Waals surface area contributed by atoms with Crippen molar-refractivity contribution in [2.24, 2.45) is 0 Å². The Kier molecular flexibility index (Phi) is 6.07. The number of hydrogen-bond donors (Lipinski definition) is 2. The minimum Gasteiger partial charge on any atom is -0.492 e. The highest BCUT2D eigenvalue weighted by Crippen LogP contribution is 2.28. The third-order valence-electron chi connectivity index (χ3n) is 2.08. The van der Waals surface area contributed by atoms with E-state index in [1.54, 1.807) is 6.07 Å². The van der Waals surface area contributed by atoms with Crippen molar-refractivity contribution in [3.8, 4) is 5.75 Å². The fourth-order valence-electron chi connectivity index (χ4n) is 1.24. The lowest BCUT2D eigenvalue weighted by Gasteiger charge is -2.10. The van der Waals surface area contributed by atoms with E-state index in [4.69, 9.17) is 9.84 Å². The predicted molar refractivity (Wildman–Crippen MR) is 72.2 cm³/mol. The second kappa shape index (κ2) is 7.08. The molecule has 0 saturated heterocycles. The molecule has 0 unspecified atom stereocenters. The number of rotatable bonds is 7. The summed E-state index contributed by atoms with van der Waals surface area (Å²) >= 11 is 3.30. The van der Waals surface area contributed by atoms with Gasteiger partial charge in [0, 0.05) is 12.6 Å². The van der Waals surface area contributed by atoms with Gasteiger partial charge in [0.2, 0.25) is 10.0 Å². The second-order valence-corrected chi connectivity index (χ2v) is 6.18. The highest BCUT2D eigenvalue weighted by molar-refractivity contribution is 9.10. The van der Waals surface area contributed by atoms with Crippen LogP contribution in [-0.2, 0) is 10.0 Å². The Morgan fingerprint density at radius 3 is 2.78 bits per heavy atom. The summed E-state index contributed by atoms with van der Waals surface area (Å²) in [5.74, 6) is 0.490. The van der Waals surface area contributed by atoms with Crippen LogP contribution in [0.2, 0.25) is 0 Å². The van der Waals surface area contributed by atoms with Gasteiger partial charge in [-0.2, -0.15) is 0 Å². The normalized spacial score (nSPS) is 11.5. The molecule has 1 rings (SSSR count). The molecule has 1 aromatic carbocycles. The molecule has 0 spiro atoms. The fourth-order valence-corrected chi connectivity index (χ4v) is 2.63. The lowest BCUT2D eigenvalue weighted by atomic mass is 10.3. The van der Waals surface area contributed by atoms with E-state index < -0.39 is 10.0 Å². The first-order valence-electron chi connectivity index (χ1n) is 5.54. The maximum Gasteiger partial charge on any atom is 0.240 e. The van der Waals surface area contributed by atoms with Gasteiger partial charge in [0.15, 0.2) is 0 Å². The molecule has 0 atom stereocenters. The largest absolute Gasteiger partial charge is 0.492 e. The van der Waals surface area contributed by atoms with Gasteiger partial charge in [0.25, 0.3) is 0 Å². The summed E-state index contributed by atoms with van der Waals surface area (Å²) in [6.45, 7) is 2.24. The van der Waals surface area contributed by atoms with E-state index in [9.17, 15) is 8.42 Å². The van der Waals surface area contributed by atoms with Crippen molar-refractivity contribution in [1.82, 2.24) is 4.72 Å². The molecule has 0 radical (unpaired) electrons. The summed E-state index contributed by atoms with van der Waals surface area (Å²) in [7, 11) is -3.60. The van der Waals surface area contributed by atoms with E-state index in [1.165, 1.54) is 12.1 Å². The predicted octanol–water partition coefficient (Wildman–Crippen LogP) is 1.51. The summed E-state index contributed by atoms with van der Waals surface area (Å²) in [5, 5.41) is 8.63. The molecule has 102 valence electrons. The molecule has 0 heterocycles. The van der Waals surface area contributed by atoms with Gasteiger partial charge in [-0.25, -0.2) is 13.1 Å². The molecular weight excluding hydrogens is 322 g/mol. The quantitative estimate of drug-likeness (QED) is 0.790. The topological polar surface area (TPSA) is 75.6 Å². The third-order valence-corrected chi connectivity index (χ3v) is 4.19. The van der Waals surface area contributed by atoms with Gasteiger partial charge in [-0.3, -0.25) is 0 Å². The second-order valence-electron chi connectivity index (χ2n) is 3.56. The van der Waals surface area contributed by atoms with Crippen molar-refractivity contribution < 1.29 is 18.3 Å². The maximum atomic E-state index is 11.8. The number of aliphatic hydroxyl groups excluding tert-OH is 1. The van der Waals surface area contributed by atoms with Gasteiger partial charge in [0.05, 0.1) is 22.6 Å². The third kappa shape index (κ3) is 4.24. The van der Waals surface area contributed by atoms with Gasteiger partial charge in [-0.05, 0) is 34.5 Å². The van der Waals surface area contributed by atoms with Crippen LogP contribution in [0.15, 0.2) is 27.6 Å². The first-order valence-corrected chi connectivity index (χ1v) is 7.81. The molecule has 2 N–H and O–H groups in total. The first-order chi connectivity index (χ1) is 8.51. The van der Waals surface area contributed by atoms with E-state index in [2.05, 4.69) is 20.7 Å². The molecule has 7 heteroatoms. The van der Waals surface area contributed by atoms with Gasteiger partial charge in [-0.15, -0.1) is 0 Å². The fraction of sp³-hybridized carbons (Fsp3) is 0.455. The van der Waals surface area contributed by atoms with Crippen LogP contribution in [0.4, 0.5) is 0 Å². The Hall–Kier alpha value is -0.630. The molecule has 5 nitrogen and oxygen atoms in total. The molecule has 0 bridgehead atoms. The van der Waals surface area contributed by atoms with Crippen molar-refractivity contribution in [3.63, 3.8) is 0 Å². The van der Waals surface area contributed by atoms with Crippen molar-refractivity contribution in [2.75, 3.05) is 19.8 Å². The van der Waals surface area contributed by atoms with Gasteiger partial charge in [0.1, 0.15) is 5.75 Å². The van der Waals surface area contributed by atoms with E-state index in [0.29, 0.717) is 16.8 Å². The zero-order valence-electron chi connectivity index (χ0n) is 10.0. The monoisotopic (exact) mass is 337 g/mol. The Labute approximate surface area is 115 Å². The van der Waals surface area contributed by atoms with Gasteiger partial charge >= 0.3 is 0 Å². The zero-order chi connectivity index (χ0) is 13.6. The number of aliphatic hydroxyl groups is 1. The molecule has 0 saturated carbocycles. The minimum atomic E-state index is -3.60. The average Bonchev–Trinajstić information content (AvgIpc) is 2.35. The van der Waals surface area contributed by atoms with E-state index in [1.807, 2.05) is 6.92 Å². The van der Waals surface area contributed by atoms with Crippen LogP contribution in [0.5, 0.6) is 5.75 Å². The molecular formula is C11H16BrNO4S.